The van der Waals surface area contributed by atoms with E-state index in [0.717, 1.165) is 19.6 Å². The van der Waals surface area contributed by atoms with Gasteiger partial charge in [-0.1, -0.05) is 23.2 Å². The van der Waals surface area contributed by atoms with Gasteiger partial charge < -0.3 is 14.7 Å². The number of likely N-dealkylation sites (N-methyl/N-ethyl adjacent to an activating group) is 1. The fourth-order valence-electron chi connectivity index (χ4n) is 2.58. The molecule has 0 aliphatic carbocycles. The summed E-state index contributed by atoms with van der Waals surface area (Å²) in [7, 11) is 4.06. The fraction of sp³-hybridized carbons (Fsp3) is 0.600. The second-order valence-corrected chi connectivity index (χ2v) is 6.54. The number of benzene rings is 1. The number of aliphatic hydroxyl groups excluding tert-OH is 1. The van der Waals surface area contributed by atoms with Gasteiger partial charge in [0.2, 0.25) is 0 Å². The molecule has 118 valence electrons. The van der Waals surface area contributed by atoms with E-state index in [0.29, 0.717) is 28.8 Å². The van der Waals surface area contributed by atoms with E-state index in [4.69, 9.17) is 27.9 Å². The number of hydrogen-bond acceptors (Lipinski definition) is 4. The summed E-state index contributed by atoms with van der Waals surface area (Å²) in [5, 5.41) is 11.5. The Hall–Kier alpha value is -0.360. The van der Waals surface area contributed by atoms with E-state index < -0.39 is 6.10 Å². The van der Waals surface area contributed by atoms with E-state index in [9.17, 15) is 5.11 Å². The minimum absolute atomic E-state index is 0.177. The summed E-state index contributed by atoms with van der Waals surface area (Å²) in [5.74, 6) is 0. The van der Waals surface area contributed by atoms with Crippen molar-refractivity contribution in [3.8, 4) is 0 Å². The Bertz CT molecular complexity index is 471. The van der Waals surface area contributed by atoms with Crippen LogP contribution in [-0.2, 0) is 4.74 Å². The molecule has 0 saturated carbocycles. The van der Waals surface area contributed by atoms with Crippen LogP contribution in [0.2, 0.25) is 10.0 Å². The number of ether oxygens (including phenoxy) is 1. The summed E-state index contributed by atoms with van der Waals surface area (Å²) in [6.45, 7) is 3.74. The van der Waals surface area contributed by atoms with Crippen LogP contribution in [0.4, 0.5) is 0 Å². The topological polar surface area (TPSA) is 35.9 Å². The lowest BCUT2D eigenvalue weighted by Gasteiger charge is -2.35. The summed E-state index contributed by atoms with van der Waals surface area (Å²) in [4.78, 5) is 4.32. The Morgan fingerprint density at radius 3 is 2.90 bits per heavy atom. The molecule has 2 rings (SSSR count). The molecule has 1 aromatic rings. The number of rotatable bonds is 5. The van der Waals surface area contributed by atoms with Crippen LogP contribution in [0, 0.1) is 0 Å². The van der Waals surface area contributed by atoms with Gasteiger partial charge in [-0.25, -0.2) is 0 Å². The predicted molar refractivity (Wildman–Crippen MR) is 86.2 cm³/mol. The lowest BCUT2D eigenvalue weighted by molar-refractivity contribution is -0.0488. The van der Waals surface area contributed by atoms with Gasteiger partial charge in [0.1, 0.15) is 0 Å². The highest BCUT2D eigenvalue weighted by atomic mass is 35.5. The van der Waals surface area contributed by atoms with Crippen LogP contribution in [0.3, 0.4) is 0 Å². The first-order chi connectivity index (χ1) is 9.95. The molecular formula is C15H22Cl2N2O2. The van der Waals surface area contributed by atoms with Crippen LogP contribution in [0.25, 0.3) is 0 Å². The predicted octanol–water partition coefficient (Wildman–Crippen LogP) is 2.29. The largest absolute Gasteiger partial charge is 0.387 e. The minimum Gasteiger partial charge on any atom is -0.387 e. The second-order valence-electron chi connectivity index (χ2n) is 5.70. The standard InChI is InChI=1S/C15H22Cl2N2O2/c1-18(2)8-12-9-19(5-6-21-12)10-15(20)13-7-11(16)3-4-14(13)17/h3-4,7,12,15,20H,5-6,8-10H2,1-2H3/t12-,15+/m0/s1. The number of nitrogens with zero attached hydrogens (tertiary/aromatic N) is 2. The number of β-amino-alcohol motifs (C(OH)–C–C–N with tert-alkyl or cyclic N) is 1. The molecule has 1 fully saturated rings. The zero-order valence-electron chi connectivity index (χ0n) is 12.4. The minimum atomic E-state index is -0.644. The Kier molecular flexibility index (Phi) is 6.29. The third-order valence-electron chi connectivity index (χ3n) is 3.54. The molecule has 0 spiro atoms. The van der Waals surface area contributed by atoms with Crippen LogP contribution >= 0.6 is 23.2 Å². The van der Waals surface area contributed by atoms with Gasteiger partial charge in [0.15, 0.2) is 0 Å². The summed E-state index contributed by atoms with van der Waals surface area (Å²) in [6, 6.07) is 5.17. The van der Waals surface area contributed by atoms with Crippen molar-refractivity contribution < 1.29 is 9.84 Å². The number of morpholine rings is 1. The zero-order chi connectivity index (χ0) is 15.4. The molecule has 1 heterocycles. The second kappa shape index (κ2) is 7.77. The van der Waals surface area contributed by atoms with Crippen LogP contribution in [0.1, 0.15) is 11.7 Å². The molecule has 21 heavy (non-hydrogen) atoms. The third kappa shape index (κ3) is 5.09. The third-order valence-corrected chi connectivity index (χ3v) is 4.12. The van der Waals surface area contributed by atoms with Gasteiger partial charge >= 0.3 is 0 Å². The van der Waals surface area contributed by atoms with E-state index in [-0.39, 0.29) is 6.10 Å². The van der Waals surface area contributed by atoms with Crippen LogP contribution in [0.5, 0.6) is 0 Å². The number of aliphatic hydroxyl groups is 1. The lowest BCUT2D eigenvalue weighted by Crippen LogP contribution is -2.47. The quantitative estimate of drug-likeness (QED) is 0.897. The maximum absolute atomic E-state index is 10.4. The van der Waals surface area contributed by atoms with E-state index in [1.54, 1.807) is 18.2 Å². The molecule has 1 N–H and O–H groups in total. The molecule has 0 bridgehead atoms. The average Bonchev–Trinajstić information content (AvgIpc) is 2.41. The average molecular weight is 333 g/mol. The summed E-state index contributed by atoms with van der Waals surface area (Å²) in [5.41, 5.74) is 0.680. The van der Waals surface area contributed by atoms with Crippen molar-refractivity contribution in [1.29, 1.82) is 0 Å². The highest BCUT2D eigenvalue weighted by molar-refractivity contribution is 6.33. The molecule has 6 heteroatoms. The van der Waals surface area contributed by atoms with Crippen molar-refractivity contribution in [2.45, 2.75) is 12.2 Å². The fourth-order valence-corrected chi connectivity index (χ4v) is 3.00. The summed E-state index contributed by atoms with van der Waals surface area (Å²) >= 11 is 12.1. The lowest BCUT2D eigenvalue weighted by atomic mass is 10.1. The van der Waals surface area contributed by atoms with Crippen LogP contribution in [0.15, 0.2) is 18.2 Å². The molecule has 0 amide bonds. The van der Waals surface area contributed by atoms with Gasteiger partial charge in [0, 0.05) is 41.8 Å². The van der Waals surface area contributed by atoms with Crippen molar-refractivity contribution in [3.05, 3.63) is 33.8 Å². The molecule has 0 radical (unpaired) electrons. The van der Waals surface area contributed by atoms with E-state index in [1.165, 1.54) is 0 Å². The zero-order valence-corrected chi connectivity index (χ0v) is 13.9. The molecular weight excluding hydrogens is 311 g/mol. The molecule has 1 aromatic carbocycles. The summed E-state index contributed by atoms with van der Waals surface area (Å²) < 4.78 is 5.74. The first kappa shape index (κ1) is 17.0. The van der Waals surface area contributed by atoms with Gasteiger partial charge in [0.25, 0.3) is 0 Å². The van der Waals surface area contributed by atoms with Crippen molar-refractivity contribution in [3.63, 3.8) is 0 Å². The number of halogens is 2. The van der Waals surface area contributed by atoms with Gasteiger partial charge in [0.05, 0.1) is 18.8 Å². The smallest absolute Gasteiger partial charge is 0.0931 e. The van der Waals surface area contributed by atoms with Crippen molar-refractivity contribution in [2.24, 2.45) is 0 Å². The molecule has 1 saturated heterocycles. The maximum Gasteiger partial charge on any atom is 0.0931 e. The molecule has 4 nitrogen and oxygen atoms in total. The van der Waals surface area contributed by atoms with Crippen LogP contribution < -0.4 is 0 Å². The molecule has 1 aliphatic rings. The maximum atomic E-state index is 10.4. The summed E-state index contributed by atoms with van der Waals surface area (Å²) in [6.07, 6.45) is -0.468. The SMILES string of the molecule is CN(C)C[C@H]1CN(C[C@@H](O)c2cc(Cl)ccc2Cl)CCO1. The Balaban J connectivity index is 1.95. The first-order valence-corrected chi connectivity index (χ1v) is 7.83. The van der Waals surface area contributed by atoms with E-state index >= 15 is 0 Å². The van der Waals surface area contributed by atoms with E-state index in [1.807, 2.05) is 14.1 Å². The van der Waals surface area contributed by atoms with Gasteiger partial charge in [-0.05, 0) is 32.3 Å². The van der Waals surface area contributed by atoms with Crippen molar-refractivity contribution in [2.75, 3.05) is 46.9 Å². The molecule has 2 atom stereocenters. The van der Waals surface area contributed by atoms with Gasteiger partial charge in [-0.15, -0.1) is 0 Å². The molecule has 0 unspecified atom stereocenters. The highest BCUT2D eigenvalue weighted by Gasteiger charge is 2.24. The Labute approximate surface area is 136 Å². The van der Waals surface area contributed by atoms with Gasteiger partial charge in [-0.3, -0.25) is 4.90 Å². The highest BCUT2D eigenvalue weighted by Crippen LogP contribution is 2.27. The monoisotopic (exact) mass is 332 g/mol. The van der Waals surface area contributed by atoms with Crippen molar-refractivity contribution in [1.82, 2.24) is 9.80 Å². The van der Waals surface area contributed by atoms with Gasteiger partial charge in [-0.2, -0.15) is 0 Å². The van der Waals surface area contributed by atoms with Crippen molar-refractivity contribution >= 4 is 23.2 Å². The van der Waals surface area contributed by atoms with E-state index in [2.05, 4.69) is 9.80 Å². The normalized spacial score (nSPS) is 21.7. The number of hydrogen-bond donors (Lipinski definition) is 1. The first-order valence-electron chi connectivity index (χ1n) is 7.07. The molecule has 0 aromatic heterocycles. The Morgan fingerprint density at radius 2 is 2.19 bits per heavy atom. The Morgan fingerprint density at radius 1 is 1.43 bits per heavy atom. The van der Waals surface area contributed by atoms with Crippen LogP contribution in [-0.4, -0.2) is 67.9 Å². The molecule has 1 aliphatic heterocycles.